The van der Waals surface area contributed by atoms with Crippen molar-refractivity contribution >= 4 is 22.3 Å². The molecule has 0 spiro atoms. The number of aromatic nitrogens is 1. The van der Waals surface area contributed by atoms with E-state index < -0.39 is 0 Å². The molecule has 0 radical (unpaired) electrons. The largest absolute Gasteiger partial charge is 0.339 e. The molecule has 6 rings (SSSR count). The maximum atomic E-state index is 12.7. The minimum Gasteiger partial charge on any atom is -0.339 e. The molecule has 1 amide bonds. The first-order chi connectivity index (χ1) is 15.8. The third kappa shape index (κ3) is 3.37. The van der Waals surface area contributed by atoms with Gasteiger partial charge in [-0.05, 0) is 89.6 Å². The summed E-state index contributed by atoms with van der Waals surface area (Å²) in [6.45, 7) is 1.63. The van der Waals surface area contributed by atoms with Crippen molar-refractivity contribution in [3.05, 3.63) is 94.8 Å². The molecule has 2 heterocycles. The molecule has 2 aliphatic carbocycles. The molecule has 1 saturated heterocycles. The van der Waals surface area contributed by atoms with Crippen molar-refractivity contribution < 1.29 is 4.79 Å². The molecule has 3 aromatic rings. The summed E-state index contributed by atoms with van der Waals surface area (Å²) in [7, 11) is 0. The van der Waals surface area contributed by atoms with Crippen LogP contribution in [0.3, 0.4) is 0 Å². The Hall–Kier alpha value is -3.20. The fourth-order valence-corrected chi connectivity index (χ4v) is 5.81. The van der Waals surface area contributed by atoms with Gasteiger partial charge >= 0.3 is 0 Å². The van der Waals surface area contributed by atoms with E-state index in [1.807, 2.05) is 4.90 Å². The Morgan fingerprint density at radius 1 is 0.938 bits per heavy atom. The number of pyridine rings is 1. The van der Waals surface area contributed by atoms with Gasteiger partial charge in [0.25, 0.3) is 5.91 Å². The predicted octanol–water partition coefficient (Wildman–Crippen LogP) is 6.30. The van der Waals surface area contributed by atoms with Crippen LogP contribution in [0.5, 0.6) is 0 Å². The summed E-state index contributed by atoms with van der Waals surface area (Å²) in [5, 5.41) is 2.78. The summed E-state index contributed by atoms with van der Waals surface area (Å²) < 4.78 is 0. The number of aryl methyl sites for hydroxylation is 1. The van der Waals surface area contributed by atoms with Crippen LogP contribution in [0.4, 0.5) is 0 Å². The summed E-state index contributed by atoms with van der Waals surface area (Å²) >= 11 is 0. The monoisotopic (exact) mass is 420 g/mol. The molecule has 3 heteroatoms. The Morgan fingerprint density at radius 2 is 1.78 bits per heavy atom. The maximum absolute atomic E-state index is 12.7. The molecule has 0 bridgehead atoms. The van der Waals surface area contributed by atoms with E-state index in [0.717, 1.165) is 37.9 Å². The molecule has 0 N–H and O–H groups in total. The average Bonchev–Trinajstić information content (AvgIpc) is 2.88. The standard InChI is InChI=1S/C29H28N2O/c32-29(22-11-15-30-16-12-22)31-17-13-20(14-18-31)23-6-8-26-24(19-23)7-10-27-25-4-2-1-3-21(25)5-9-28(26)27/h2,4,6-8,10-12,15-16,19-20H,1,3,5,9,13-14,17-18H2. The molecule has 0 saturated carbocycles. The normalized spacial score (nSPS) is 18.6. The molecule has 1 fully saturated rings. The van der Waals surface area contributed by atoms with Gasteiger partial charge in [0.15, 0.2) is 0 Å². The lowest BCUT2D eigenvalue weighted by Gasteiger charge is -2.32. The molecule has 2 aromatic carbocycles. The second kappa shape index (κ2) is 8.05. The number of nitrogens with zero attached hydrogens (tertiary/aromatic N) is 2. The van der Waals surface area contributed by atoms with Gasteiger partial charge in [0.05, 0.1) is 0 Å². The van der Waals surface area contributed by atoms with E-state index in [2.05, 4.69) is 47.5 Å². The Labute approximate surface area is 189 Å². The summed E-state index contributed by atoms with van der Waals surface area (Å²) in [6.07, 6.45) is 14.9. The Morgan fingerprint density at radius 3 is 2.62 bits per heavy atom. The van der Waals surface area contributed by atoms with Crippen molar-refractivity contribution in [3.63, 3.8) is 0 Å². The van der Waals surface area contributed by atoms with Gasteiger partial charge in [-0.3, -0.25) is 9.78 Å². The Bertz CT molecular complexity index is 1250. The van der Waals surface area contributed by atoms with Gasteiger partial charge in [-0.1, -0.05) is 48.1 Å². The molecule has 1 aromatic heterocycles. The second-order valence-corrected chi connectivity index (χ2v) is 9.33. The molecule has 32 heavy (non-hydrogen) atoms. The fourth-order valence-electron chi connectivity index (χ4n) is 5.81. The van der Waals surface area contributed by atoms with Crippen molar-refractivity contribution in [2.45, 2.75) is 44.4 Å². The number of hydrogen-bond donors (Lipinski definition) is 0. The molecular weight excluding hydrogens is 392 g/mol. The van der Waals surface area contributed by atoms with Gasteiger partial charge in [0, 0.05) is 31.0 Å². The second-order valence-electron chi connectivity index (χ2n) is 9.33. The quantitative estimate of drug-likeness (QED) is 0.487. The SMILES string of the molecule is O=C(c1ccncc1)N1CCC(c2ccc3c4c(ccc3c2)C2=C(CCC=C2)CC4)CC1. The van der Waals surface area contributed by atoms with E-state index in [-0.39, 0.29) is 5.91 Å². The van der Waals surface area contributed by atoms with E-state index in [9.17, 15) is 4.79 Å². The van der Waals surface area contributed by atoms with Gasteiger partial charge in [0.1, 0.15) is 0 Å². The average molecular weight is 421 g/mol. The van der Waals surface area contributed by atoms with Crippen LogP contribution >= 0.6 is 0 Å². The maximum Gasteiger partial charge on any atom is 0.253 e. The van der Waals surface area contributed by atoms with E-state index >= 15 is 0 Å². The van der Waals surface area contributed by atoms with E-state index in [0.29, 0.717) is 5.92 Å². The van der Waals surface area contributed by atoms with Crippen LogP contribution in [-0.4, -0.2) is 28.9 Å². The summed E-state index contributed by atoms with van der Waals surface area (Å²) in [6, 6.07) is 15.4. The lowest BCUT2D eigenvalue weighted by molar-refractivity contribution is 0.0713. The predicted molar refractivity (Wildman–Crippen MR) is 130 cm³/mol. The zero-order valence-electron chi connectivity index (χ0n) is 18.4. The first kappa shape index (κ1) is 19.5. The third-order valence-electron chi connectivity index (χ3n) is 7.58. The number of fused-ring (bicyclic) bond motifs is 4. The van der Waals surface area contributed by atoms with Crippen LogP contribution in [0.15, 0.2) is 72.6 Å². The number of likely N-dealkylation sites (tertiary alicyclic amines) is 1. The summed E-state index contributed by atoms with van der Waals surface area (Å²) in [5.74, 6) is 0.647. The van der Waals surface area contributed by atoms with Crippen molar-refractivity contribution in [2.24, 2.45) is 0 Å². The van der Waals surface area contributed by atoms with Gasteiger partial charge in [-0.25, -0.2) is 0 Å². The number of piperidine rings is 1. The highest BCUT2D eigenvalue weighted by atomic mass is 16.2. The van der Waals surface area contributed by atoms with E-state index in [1.54, 1.807) is 30.1 Å². The fraction of sp³-hybridized carbons (Fsp3) is 0.310. The van der Waals surface area contributed by atoms with Crippen molar-refractivity contribution in [1.29, 1.82) is 0 Å². The molecular formula is C29H28N2O. The summed E-state index contributed by atoms with van der Waals surface area (Å²) in [4.78, 5) is 18.8. The van der Waals surface area contributed by atoms with Crippen LogP contribution in [0, 0.1) is 0 Å². The number of benzene rings is 2. The molecule has 160 valence electrons. The van der Waals surface area contributed by atoms with Gasteiger partial charge in [0.2, 0.25) is 0 Å². The van der Waals surface area contributed by atoms with Crippen LogP contribution in [0.2, 0.25) is 0 Å². The smallest absolute Gasteiger partial charge is 0.253 e. The van der Waals surface area contributed by atoms with E-state index in [4.69, 9.17) is 0 Å². The number of allylic oxidation sites excluding steroid dienone is 4. The minimum atomic E-state index is 0.126. The zero-order chi connectivity index (χ0) is 21.5. The number of carbonyl (C=O) groups is 1. The molecule has 1 aliphatic heterocycles. The van der Waals surface area contributed by atoms with Gasteiger partial charge in [-0.15, -0.1) is 0 Å². The lowest BCUT2D eigenvalue weighted by atomic mass is 9.79. The van der Waals surface area contributed by atoms with Crippen LogP contribution in [-0.2, 0) is 6.42 Å². The molecule has 3 nitrogen and oxygen atoms in total. The van der Waals surface area contributed by atoms with Crippen molar-refractivity contribution in [1.82, 2.24) is 9.88 Å². The third-order valence-corrected chi connectivity index (χ3v) is 7.58. The molecule has 0 atom stereocenters. The van der Waals surface area contributed by atoms with Gasteiger partial charge < -0.3 is 4.90 Å². The zero-order valence-corrected chi connectivity index (χ0v) is 18.4. The number of hydrogen-bond acceptors (Lipinski definition) is 2. The lowest BCUT2D eigenvalue weighted by Crippen LogP contribution is -2.37. The topological polar surface area (TPSA) is 33.2 Å². The molecule has 0 unspecified atom stereocenters. The highest BCUT2D eigenvalue weighted by Gasteiger charge is 2.25. The Balaban J connectivity index is 1.22. The van der Waals surface area contributed by atoms with Crippen molar-refractivity contribution in [3.8, 4) is 0 Å². The Kier molecular flexibility index (Phi) is 4.90. The first-order valence-corrected chi connectivity index (χ1v) is 11.9. The van der Waals surface area contributed by atoms with Gasteiger partial charge in [-0.2, -0.15) is 0 Å². The van der Waals surface area contributed by atoms with Crippen LogP contribution in [0.1, 0.15) is 65.1 Å². The first-order valence-electron chi connectivity index (χ1n) is 11.9. The van der Waals surface area contributed by atoms with Crippen LogP contribution < -0.4 is 0 Å². The highest BCUT2D eigenvalue weighted by Crippen LogP contribution is 2.40. The highest BCUT2D eigenvalue weighted by molar-refractivity contribution is 5.95. The van der Waals surface area contributed by atoms with E-state index in [1.165, 1.54) is 52.3 Å². The number of carbonyl (C=O) groups excluding carboxylic acids is 1. The van der Waals surface area contributed by atoms with Crippen molar-refractivity contribution in [2.75, 3.05) is 13.1 Å². The van der Waals surface area contributed by atoms with Crippen LogP contribution in [0.25, 0.3) is 16.3 Å². The minimum absolute atomic E-state index is 0.126. The number of amides is 1. The molecule has 3 aliphatic rings. The number of rotatable bonds is 2. The summed E-state index contributed by atoms with van der Waals surface area (Å²) in [5.41, 5.74) is 8.25.